The fraction of sp³-hybridized carbons (Fsp3) is 0.629. The summed E-state index contributed by atoms with van der Waals surface area (Å²) in [6, 6.07) is 7.95. The Balaban J connectivity index is 1.31. The Kier molecular flexibility index (Phi) is 7.18. The lowest BCUT2D eigenvalue weighted by molar-refractivity contribution is -0.173. The fourth-order valence-electron chi connectivity index (χ4n) is 10.6. The third-order valence-corrected chi connectivity index (χ3v) is 16.2. The van der Waals surface area contributed by atoms with Gasteiger partial charge in [-0.05, 0) is 99.1 Å². The van der Waals surface area contributed by atoms with Crippen LogP contribution >= 0.6 is 22.7 Å². The molecule has 2 aromatic heterocycles. The average Bonchev–Trinajstić information content (AvgIpc) is 3.70. The Hall–Kier alpha value is -1.62. The standard InChI is InChI=1S/C35H45NO5S3/c1-23-7-8-27(43-23)30(38)26-21-33-16-17-35(26)28(31(33,2)13-9-24(37)20-33)10-14-32(3)29(35)11-15-34(32,39)22-36(44(4,40)41)18-12-25-6-5-19-42-25/h5-8,16-17,19,21,24,28-29,37,39H,9-15,18,20,22H2,1-4H3. The molecule has 2 heterocycles. The molecule has 0 aliphatic heterocycles. The summed E-state index contributed by atoms with van der Waals surface area (Å²) in [5.74, 6) is 0.280. The molecule has 8 unspecified atom stereocenters. The molecule has 8 rings (SSSR count). The van der Waals surface area contributed by atoms with Crippen molar-refractivity contribution in [2.45, 2.75) is 83.8 Å². The van der Waals surface area contributed by atoms with Crippen LogP contribution in [-0.4, -0.2) is 59.8 Å². The molecule has 8 atom stereocenters. The molecule has 3 fully saturated rings. The number of carbonyl (C=O) groups is 1. The first-order valence-corrected chi connectivity index (χ1v) is 19.6. The number of hydrogen-bond donors (Lipinski definition) is 2. The maximum Gasteiger partial charge on any atom is 0.211 e. The Morgan fingerprint density at radius 2 is 1.77 bits per heavy atom. The lowest BCUT2D eigenvalue weighted by atomic mass is 9.32. The summed E-state index contributed by atoms with van der Waals surface area (Å²) in [7, 11) is -3.56. The Bertz CT molecular complexity index is 1640. The second kappa shape index (κ2) is 10.2. The minimum Gasteiger partial charge on any atom is -0.393 e. The quantitative estimate of drug-likeness (QED) is 0.254. The predicted octanol–water partition coefficient (Wildman–Crippen LogP) is 6.40. The van der Waals surface area contributed by atoms with Crippen LogP contribution in [0.15, 0.2) is 53.4 Å². The number of allylic oxidation sites excluding steroid dienone is 4. The first-order valence-electron chi connectivity index (χ1n) is 16.1. The number of hydrogen-bond acceptors (Lipinski definition) is 7. The molecule has 0 radical (unpaired) electrons. The molecule has 6 aliphatic rings. The predicted molar refractivity (Wildman–Crippen MR) is 176 cm³/mol. The third-order valence-electron chi connectivity index (χ3n) is 13.0. The highest BCUT2D eigenvalue weighted by molar-refractivity contribution is 7.88. The summed E-state index contributed by atoms with van der Waals surface area (Å²) in [5.41, 5.74) is -1.96. The van der Waals surface area contributed by atoms with Crippen molar-refractivity contribution < 1.29 is 23.4 Å². The minimum absolute atomic E-state index is 0.00746. The van der Waals surface area contributed by atoms with Crippen LogP contribution in [0.2, 0.25) is 0 Å². The molecule has 2 N–H and O–H groups in total. The first kappa shape index (κ1) is 31.0. The van der Waals surface area contributed by atoms with E-state index in [1.807, 2.05) is 36.6 Å². The molecule has 2 aromatic rings. The molecule has 44 heavy (non-hydrogen) atoms. The number of rotatable bonds is 8. The van der Waals surface area contributed by atoms with E-state index < -0.39 is 32.6 Å². The van der Waals surface area contributed by atoms with Gasteiger partial charge in [0, 0.05) is 44.7 Å². The van der Waals surface area contributed by atoms with Crippen molar-refractivity contribution in [3.63, 3.8) is 0 Å². The third kappa shape index (κ3) is 4.25. The maximum absolute atomic E-state index is 14.6. The van der Waals surface area contributed by atoms with Gasteiger partial charge >= 0.3 is 0 Å². The van der Waals surface area contributed by atoms with Crippen molar-refractivity contribution in [3.8, 4) is 0 Å². The lowest BCUT2D eigenvalue weighted by Gasteiger charge is -2.71. The smallest absolute Gasteiger partial charge is 0.211 e. The highest BCUT2D eigenvalue weighted by Crippen LogP contribution is 2.78. The van der Waals surface area contributed by atoms with Gasteiger partial charge in [-0.25, -0.2) is 8.42 Å². The van der Waals surface area contributed by atoms with Crippen LogP contribution < -0.4 is 0 Å². The summed E-state index contributed by atoms with van der Waals surface area (Å²) >= 11 is 3.15. The maximum atomic E-state index is 14.6. The Morgan fingerprint density at radius 3 is 2.45 bits per heavy atom. The number of fused-ring (bicyclic) bond motifs is 1. The number of nitrogens with zero attached hydrogens (tertiary/aromatic N) is 1. The van der Waals surface area contributed by atoms with Crippen molar-refractivity contribution in [1.29, 1.82) is 0 Å². The van der Waals surface area contributed by atoms with Gasteiger partial charge in [-0.3, -0.25) is 4.79 Å². The van der Waals surface area contributed by atoms with Crippen molar-refractivity contribution in [3.05, 3.63) is 68.1 Å². The van der Waals surface area contributed by atoms with Gasteiger partial charge in [-0.15, -0.1) is 22.7 Å². The zero-order valence-electron chi connectivity index (χ0n) is 26.2. The number of thiophene rings is 2. The van der Waals surface area contributed by atoms with E-state index in [0.29, 0.717) is 25.8 Å². The number of ketones is 1. The van der Waals surface area contributed by atoms with E-state index in [-0.39, 0.29) is 35.0 Å². The van der Waals surface area contributed by atoms with Crippen LogP contribution in [-0.2, 0) is 16.4 Å². The molecule has 9 heteroatoms. The van der Waals surface area contributed by atoms with E-state index in [1.54, 1.807) is 11.3 Å². The van der Waals surface area contributed by atoms with Crippen molar-refractivity contribution >= 4 is 38.5 Å². The van der Waals surface area contributed by atoms with Gasteiger partial charge in [0.15, 0.2) is 5.78 Å². The van der Waals surface area contributed by atoms with Gasteiger partial charge in [0.05, 0.1) is 22.8 Å². The highest BCUT2D eigenvalue weighted by atomic mass is 32.2. The SMILES string of the molecule is Cc1ccc(C(=O)C2=CC34C=CC25C(CCC2(C)C5CCC2(O)CN(CCc2cccs2)S(C)(=O)=O)C3(C)CCC(O)C4)s1. The van der Waals surface area contributed by atoms with Crippen LogP contribution in [0.4, 0.5) is 0 Å². The molecule has 2 spiro atoms. The van der Waals surface area contributed by atoms with Gasteiger partial charge in [0.25, 0.3) is 0 Å². The summed E-state index contributed by atoms with van der Waals surface area (Å²) in [6.07, 6.45) is 13.5. The monoisotopic (exact) mass is 655 g/mol. The molecule has 238 valence electrons. The summed E-state index contributed by atoms with van der Waals surface area (Å²) < 4.78 is 27.7. The van der Waals surface area contributed by atoms with Crippen LogP contribution in [0, 0.1) is 40.4 Å². The van der Waals surface area contributed by atoms with Gasteiger partial charge in [-0.1, -0.05) is 38.1 Å². The molecular formula is C35H45NO5S3. The molecule has 0 saturated heterocycles. The summed E-state index contributed by atoms with van der Waals surface area (Å²) in [5, 5.41) is 25.6. The second-order valence-corrected chi connectivity index (χ2v) is 19.3. The zero-order valence-corrected chi connectivity index (χ0v) is 28.7. The number of aryl methyl sites for hydroxylation is 1. The fourth-order valence-corrected chi connectivity index (χ4v) is 13.0. The van der Waals surface area contributed by atoms with Crippen LogP contribution in [0.25, 0.3) is 0 Å². The average molecular weight is 656 g/mol. The van der Waals surface area contributed by atoms with Crippen molar-refractivity contribution in [2.75, 3.05) is 19.3 Å². The van der Waals surface area contributed by atoms with E-state index >= 15 is 0 Å². The van der Waals surface area contributed by atoms with Crippen molar-refractivity contribution in [2.24, 2.45) is 33.5 Å². The number of Topliss-reactive ketones (excluding diaryl/α,β-unsaturated/α-hetero) is 1. The zero-order chi connectivity index (χ0) is 31.3. The molecular weight excluding hydrogens is 611 g/mol. The topological polar surface area (TPSA) is 94.9 Å². The van der Waals surface area contributed by atoms with E-state index in [2.05, 4.69) is 32.1 Å². The van der Waals surface area contributed by atoms with Gasteiger partial charge < -0.3 is 10.2 Å². The van der Waals surface area contributed by atoms with Gasteiger partial charge in [-0.2, -0.15) is 4.31 Å². The molecule has 6 nitrogen and oxygen atoms in total. The lowest BCUT2D eigenvalue weighted by Crippen LogP contribution is -2.67. The Morgan fingerprint density at radius 1 is 1.05 bits per heavy atom. The van der Waals surface area contributed by atoms with Crippen LogP contribution in [0.5, 0.6) is 0 Å². The number of aliphatic hydroxyl groups is 2. The van der Waals surface area contributed by atoms with E-state index in [1.165, 1.54) is 21.9 Å². The molecule has 0 aromatic carbocycles. The van der Waals surface area contributed by atoms with Gasteiger partial charge in [0.2, 0.25) is 10.0 Å². The van der Waals surface area contributed by atoms with Crippen molar-refractivity contribution in [1.82, 2.24) is 4.31 Å². The number of sulfonamides is 1. The highest BCUT2D eigenvalue weighted by Gasteiger charge is 2.74. The van der Waals surface area contributed by atoms with E-state index in [4.69, 9.17) is 0 Å². The Labute approximate surface area is 269 Å². The summed E-state index contributed by atoms with van der Waals surface area (Å²) in [4.78, 5) is 17.5. The summed E-state index contributed by atoms with van der Waals surface area (Å²) in [6.45, 7) is 6.98. The largest absolute Gasteiger partial charge is 0.393 e. The van der Waals surface area contributed by atoms with Crippen LogP contribution in [0.1, 0.15) is 78.2 Å². The number of aliphatic hydroxyl groups excluding tert-OH is 1. The van der Waals surface area contributed by atoms with Gasteiger partial charge in [0.1, 0.15) is 0 Å². The van der Waals surface area contributed by atoms with Crippen LogP contribution in [0.3, 0.4) is 0 Å². The molecule has 3 saturated carbocycles. The minimum atomic E-state index is -3.56. The second-order valence-electron chi connectivity index (χ2n) is 15.0. The molecule has 0 amide bonds. The molecule has 2 bridgehead atoms. The normalized spacial score (nSPS) is 40.9. The van der Waals surface area contributed by atoms with E-state index in [9.17, 15) is 23.4 Å². The molecule has 6 aliphatic carbocycles. The van der Waals surface area contributed by atoms with E-state index in [0.717, 1.165) is 52.3 Å². The first-order chi connectivity index (χ1) is 20.7. The number of carbonyl (C=O) groups excluding carboxylic acids is 1.